The summed E-state index contributed by atoms with van der Waals surface area (Å²) in [6.07, 6.45) is 3.22. The third kappa shape index (κ3) is 4.02. The monoisotopic (exact) mass is 415 g/mol. The van der Waals surface area contributed by atoms with Crippen LogP contribution in [0.1, 0.15) is 29.9 Å². The van der Waals surface area contributed by atoms with Gasteiger partial charge >= 0.3 is 0 Å². The number of benzene rings is 1. The number of amides is 1. The van der Waals surface area contributed by atoms with Crippen LogP contribution in [0.25, 0.3) is 5.76 Å². The molecule has 1 aliphatic rings. The smallest absolute Gasteiger partial charge is 0.296 e. The number of Topliss-reactive ketones (excluding diaryl/α,β-unsaturated/α-hetero) is 1. The van der Waals surface area contributed by atoms with Crippen LogP contribution in [0.5, 0.6) is 5.75 Å². The van der Waals surface area contributed by atoms with Crippen molar-refractivity contribution >= 4 is 17.4 Å². The van der Waals surface area contributed by atoms with Crippen molar-refractivity contribution in [1.82, 2.24) is 14.9 Å². The number of hydrogen-bond acceptors (Lipinski definition) is 6. The standard InChI is InChI=1S/C24H21N3O4/c1-2-31-18-10-7-8-16(14-18)22(28)20-21(19-11-4-6-13-26-19)27(24(30)23(20)29)15-17-9-3-5-12-25-17/h3-14,21,28H,2,15H2,1H3/b22-20-. The van der Waals surface area contributed by atoms with E-state index in [0.29, 0.717) is 29.3 Å². The van der Waals surface area contributed by atoms with Crippen molar-refractivity contribution in [2.45, 2.75) is 19.5 Å². The normalized spacial score (nSPS) is 17.7. The largest absolute Gasteiger partial charge is 0.507 e. The van der Waals surface area contributed by atoms with Crippen LogP contribution in [0.15, 0.2) is 78.6 Å². The number of aliphatic hydroxyl groups excluding tert-OH is 1. The number of rotatable bonds is 6. The molecule has 7 heteroatoms. The molecular formula is C24H21N3O4. The van der Waals surface area contributed by atoms with Crippen molar-refractivity contribution in [3.63, 3.8) is 0 Å². The second-order valence-electron chi connectivity index (χ2n) is 6.96. The summed E-state index contributed by atoms with van der Waals surface area (Å²) in [4.78, 5) is 36.0. The Morgan fingerprint density at radius 3 is 2.48 bits per heavy atom. The Labute approximate surface area is 179 Å². The SMILES string of the molecule is CCOc1cccc(/C(O)=C2/C(=O)C(=O)N(Cc3ccccn3)C2c2ccccn2)c1. The number of carbonyl (C=O) groups is 2. The average Bonchev–Trinajstić information content (AvgIpc) is 3.05. The Morgan fingerprint density at radius 2 is 1.81 bits per heavy atom. The molecule has 0 saturated carbocycles. The zero-order valence-electron chi connectivity index (χ0n) is 16.9. The first-order valence-corrected chi connectivity index (χ1v) is 9.92. The van der Waals surface area contributed by atoms with Crippen LogP contribution < -0.4 is 4.74 Å². The molecule has 1 N–H and O–H groups in total. The Balaban J connectivity index is 1.83. The third-order valence-electron chi connectivity index (χ3n) is 4.98. The first-order valence-electron chi connectivity index (χ1n) is 9.92. The van der Waals surface area contributed by atoms with Gasteiger partial charge in [0.15, 0.2) is 0 Å². The van der Waals surface area contributed by atoms with Gasteiger partial charge in [-0.2, -0.15) is 0 Å². The van der Waals surface area contributed by atoms with Gasteiger partial charge < -0.3 is 14.7 Å². The van der Waals surface area contributed by atoms with Crippen molar-refractivity contribution < 1.29 is 19.4 Å². The lowest BCUT2D eigenvalue weighted by atomic mass is 9.98. The molecular weight excluding hydrogens is 394 g/mol. The van der Waals surface area contributed by atoms with E-state index >= 15 is 0 Å². The van der Waals surface area contributed by atoms with Gasteiger partial charge in [-0.05, 0) is 43.3 Å². The highest BCUT2D eigenvalue weighted by Gasteiger charge is 2.46. The number of aliphatic hydroxyl groups is 1. The van der Waals surface area contributed by atoms with Gasteiger partial charge in [-0.15, -0.1) is 0 Å². The molecule has 7 nitrogen and oxygen atoms in total. The fourth-order valence-electron chi connectivity index (χ4n) is 3.61. The molecule has 3 heterocycles. The number of hydrogen-bond donors (Lipinski definition) is 1. The van der Waals surface area contributed by atoms with Crippen LogP contribution in [-0.4, -0.2) is 38.3 Å². The van der Waals surface area contributed by atoms with Gasteiger partial charge in [-0.1, -0.05) is 24.3 Å². The summed E-state index contributed by atoms with van der Waals surface area (Å²) in [5, 5.41) is 11.1. The molecule has 0 spiro atoms. The van der Waals surface area contributed by atoms with Gasteiger partial charge in [0, 0.05) is 18.0 Å². The summed E-state index contributed by atoms with van der Waals surface area (Å²) in [5.41, 5.74) is 1.50. The number of ether oxygens (including phenoxy) is 1. The van der Waals surface area contributed by atoms with E-state index in [-0.39, 0.29) is 17.9 Å². The fourth-order valence-corrected chi connectivity index (χ4v) is 3.61. The van der Waals surface area contributed by atoms with Crippen LogP contribution >= 0.6 is 0 Å². The molecule has 0 bridgehead atoms. The summed E-state index contributed by atoms with van der Waals surface area (Å²) in [6.45, 7) is 2.44. The maximum Gasteiger partial charge on any atom is 0.296 e. The van der Waals surface area contributed by atoms with Gasteiger partial charge in [0.05, 0.1) is 30.1 Å². The highest BCUT2D eigenvalue weighted by atomic mass is 16.5. The minimum Gasteiger partial charge on any atom is -0.507 e. The molecule has 1 aliphatic heterocycles. The van der Waals surface area contributed by atoms with Crippen molar-refractivity contribution in [2.24, 2.45) is 0 Å². The Kier molecular flexibility index (Phi) is 5.75. The molecule has 1 saturated heterocycles. The first-order chi connectivity index (χ1) is 15.1. The van der Waals surface area contributed by atoms with Crippen LogP contribution in [-0.2, 0) is 16.1 Å². The number of ketones is 1. The number of likely N-dealkylation sites (tertiary alicyclic amines) is 1. The highest BCUT2D eigenvalue weighted by molar-refractivity contribution is 6.46. The van der Waals surface area contributed by atoms with E-state index in [9.17, 15) is 14.7 Å². The van der Waals surface area contributed by atoms with E-state index in [1.165, 1.54) is 4.90 Å². The van der Waals surface area contributed by atoms with Crippen LogP contribution in [0, 0.1) is 0 Å². The van der Waals surface area contributed by atoms with E-state index in [4.69, 9.17) is 4.74 Å². The molecule has 2 aromatic heterocycles. The van der Waals surface area contributed by atoms with Gasteiger partial charge in [0.2, 0.25) is 0 Å². The number of carbonyl (C=O) groups excluding carboxylic acids is 2. The van der Waals surface area contributed by atoms with E-state index in [2.05, 4.69) is 9.97 Å². The van der Waals surface area contributed by atoms with E-state index < -0.39 is 17.7 Å². The van der Waals surface area contributed by atoms with Crippen molar-refractivity contribution in [3.8, 4) is 5.75 Å². The van der Waals surface area contributed by atoms with Crippen molar-refractivity contribution in [1.29, 1.82) is 0 Å². The maximum atomic E-state index is 13.0. The molecule has 0 aliphatic carbocycles. The summed E-state index contributed by atoms with van der Waals surface area (Å²) in [7, 11) is 0. The topological polar surface area (TPSA) is 92.6 Å². The summed E-state index contributed by atoms with van der Waals surface area (Å²) >= 11 is 0. The predicted molar refractivity (Wildman–Crippen MR) is 114 cm³/mol. The Bertz CT molecular complexity index is 1130. The zero-order chi connectivity index (χ0) is 21.8. The van der Waals surface area contributed by atoms with Gasteiger partial charge in [-0.25, -0.2) is 0 Å². The van der Waals surface area contributed by atoms with Crippen molar-refractivity contribution in [2.75, 3.05) is 6.61 Å². The summed E-state index contributed by atoms with van der Waals surface area (Å²) in [6, 6.07) is 16.6. The van der Waals surface area contributed by atoms with Crippen LogP contribution in [0.3, 0.4) is 0 Å². The van der Waals surface area contributed by atoms with Crippen LogP contribution in [0.4, 0.5) is 0 Å². The Hall–Kier alpha value is -4.00. The molecule has 1 aromatic carbocycles. The zero-order valence-corrected chi connectivity index (χ0v) is 16.9. The molecule has 156 valence electrons. The molecule has 31 heavy (non-hydrogen) atoms. The molecule has 1 amide bonds. The minimum atomic E-state index is -0.834. The predicted octanol–water partition coefficient (Wildman–Crippen LogP) is 3.50. The van der Waals surface area contributed by atoms with Gasteiger partial charge in [0.25, 0.3) is 11.7 Å². The summed E-state index contributed by atoms with van der Waals surface area (Å²) in [5.74, 6) is -1.17. The minimum absolute atomic E-state index is 0.00622. The fraction of sp³-hybridized carbons (Fsp3) is 0.167. The number of aromatic nitrogens is 2. The Morgan fingerprint density at radius 1 is 1.03 bits per heavy atom. The molecule has 1 unspecified atom stereocenters. The molecule has 1 fully saturated rings. The number of nitrogens with zero attached hydrogens (tertiary/aromatic N) is 3. The van der Waals surface area contributed by atoms with E-state index in [1.807, 2.05) is 13.0 Å². The van der Waals surface area contributed by atoms with Crippen molar-refractivity contribution in [3.05, 3.63) is 95.6 Å². The molecule has 0 radical (unpaired) electrons. The first kappa shape index (κ1) is 20.3. The van der Waals surface area contributed by atoms with Gasteiger partial charge in [-0.3, -0.25) is 19.6 Å². The van der Waals surface area contributed by atoms with E-state index in [1.54, 1.807) is 67.0 Å². The molecule has 4 rings (SSSR count). The second kappa shape index (κ2) is 8.79. The molecule has 3 aromatic rings. The molecule has 1 atom stereocenters. The highest BCUT2D eigenvalue weighted by Crippen LogP contribution is 2.39. The lowest BCUT2D eigenvalue weighted by Gasteiger charge is -2.24. The number of pyridine rings is 2. The van der Waals surface area contributed by atoms with Gasteiger partial charge in [0.1, 0.15) is 17.6 Å². The lowest BCUT2D eigenvalue weighted by Crippen LogP contribution is -2.29. The average molecular weight is 415 g/mol. The second-order valence-corrected chi connectivity index (χ2v) is 6.96. The third-order valence-corrected chi connectivity index (χ3v) is 4.98. The lowest BCUT2D eigenvalue weighted by molar-refractivity contribution is -0.140. The quantitative estimate of drug-likeness (QED) is 0.376. The van der Waals surface area contributed by atoms with Crippen LogP contribution in [0.2, 0.25) is 0 Å². The van der Waals surface area contributed by atoms with E-state index in [0.717, 1.165) is 0 Å². The maximum absolute atomic E-state index is 13.0. The summed E-state index contributed by atoms with van der Waals surface area (Å²) < 4.78 is 5.50.